The van der Waals surface area contributed by atoms with E-state index in [1.165, 1.54) is 12.0 Å². The topological polar surface area (TPSA) is 55.6 Å². The van der Waals surface area contributed by atoms with Crippen LogP contribution in [-0.2, 0) is 4.79 Å². The van der Waals surface area contributed by atoms with E-state index in [9.17, 15) is 13.6 Å². The number of nitrogens with zero attached hydrogens (tertiary/aromatic N) is 1. The van der Waals surface area contributed by atoms with Crippen molar-refractivity contribution in [2.24, 2.45) is 5.73 Å². The van der Waals surface area contributed by atoms with Gasteiger partial charge in [0.15, 0.2) is 0 Å². The Morgan fingerprint density at radius 2 is 1.94 bits per heavy atom. The first kappa shape index (κ1) is 12.8. The molecule has 1 aliphatic rings. The van der Waals surface area contributed by atoms with Crippen LogP contribution in [0.2, 0.25) is 0 Å². The fourth-order valence-electron chi connectivity index (χ4n) is 2.23. The van der Waals surface area contributed by atoms with Gasteiger partial charge in [0.05, 0.1) is 13.2 Å². The van der Waals surface area contributed by atoms with E-state index >= 15 is 0 Å². The van der Waals surface area contributed by atoms with E-state index in [-0.39, 0.29) is 23.8 Å². The molecule has 1 aromatic carbocycles. The molecule has 0 saturated carbocycles. The third-order valence-electron chi connectivity index (χ3n) is 3.22. The number of hydrogen-bond acceptors (Lipinski definition) is 3. The number of methoxy groups -OCH3 is 1. The number of likely N-dealkylation sites (tertiary alicyclic amines) is 1. The third kappa shape index (κ3) is 1.92. The van der Waals surface area contributed by atoms with Gasteiger partial charge in [-0.2, -0.15) is 0 Å². The molecule has 0 aromatic heterocycles. The number of ether oxygens (including phenoxy) is 1. The number of halogens is 2. The van der Waals surface area contributed by atoms with Gasteiger partial charge in [0.25, 0.3) is 0 Å². The Kier molecular flexibility index (Phi) is 3.21. The summed E-state index contributed by atoms with van der Waals surface area (Å²) in [5, 5.41) is 0. The van der Waals surface area contributed by atoms with Crippen molar-refractivity contribution in [1.29, 1.82) is 0 Å². The molecule has 18 heavy (non-hydrogen) atoms. The second-order valence-corrected chi connectivity index (χ2v) is 4.36. The average molecular weight is 256 g/mol. The van der Waals surface area contributed by atoms with Crippen molar-refractivity contribution in [3.05, 3.63) is 29.3 Å². The molecule has 98 valence electrons. The van der Waals surface area contributed by atoms with Gasteiger partial charge in [-0.25, -0.2) is 8.78 Å². The van der Waals surface area contributed by atoms with Crippen molar-refractivity contribution in [2.75, 3.05) is 20.7 Å². The SMILES string of the molecule is COc1cc(F)c(C2CN(C)C(=O)C2N)c(F)c1. The zero-order valence-electron chi connectivity index (χ0n) is 10.1. The van der Waals surface area contributed by atoms with Crippen molar-refractivity contribution >= 4 is 5.91 Å². The first-order chi connectivity index (χ1) is 8.45. The summed E-state index contributed by atoms with van der Waals surface area (Å²) in [7, 11) is 2.88. The van der Waals surface area contributed by atoms with E-state index in [4.69, 9.17) is 10.5 Å². The van der Waals surface area contributed by atoms with Crippen molar-refractivity contribution in [3.8, 4) is 5.75 Å². The summed E-state index contributed by atoms with van der Waals surface area (Å²) in [4.78, 5) is 12.9. The average Bonchev–Trinajstić information content (AvgIpc) is 2.56. The van der Waals surface area contributed by atoms with Crippen molar-refractivity contribution < 1.29 is 18.3 Å². The highest BCUT2D eigenvalue weighted by Crippen LogP contribution is 2.32. The monoisotopic (exact) mass is 256 g/mol. The molecule has 1 aromatic rings. The number of carbonyl (C=O) groups excluding carboxylic acids is 1. The zero-order valence-corrected chi connectivity index (χ0v) is 10.1. The van der Waals surface area contributed by atoms with Crippen LogP contribution >= 0.6 is 0 Å². The lowest BCUT2D eigenvalue weighted by Crippen LogP contribution is -2.34. The van der Waals surface area contributed by atoms with E-state index in [0.717, 1.165) is 12.1 Å². The number of carbonyl (C=O) groups is 1. The molecule has 1 fully saturated rings. The highest BCUT2D eigenvalue weighted by molar-refractivity contribution is 5.85. The maximum Gasteiger partial charge on any atom is 0.239 e. The molecule has 6 heteroatoms. The molecule has 0 aliphatic carbocycles. The van der Waals surface area contributed by atoms with Gasteiger partial charge in [-0.15, -0.1) is 0 Å². The van der Waals surface area contributed by atoms with Crippen LogP contribution in [-0.4, -0.2) is 37.6 Å². The highest BCUT2D eigenvalue weighted by Gasteiger charge is 2.39. The molecule has 1 aliphatic heterocycles. The summed E-state index contributed by atoms with van der Waals surface area (Å²) in [5.41, 5.74) is 5.55. The Labute approximate surface area is 103 Å². The lowest BCUT2D eigenvalue weighted by molar-refractivity contribution is -0.127. The number of hydrogen-bond donors (Lipinski definition) is 1. The maximum atomic E-state index is 13.9. The van der Waals surface area contributed by atoms with Gasteiger partial charge in [-0.1, -0.05) is 0 Å². The van der Waals surface area contributed by atoms with Gasteiger partial charge in [0.1, 0.15) is 17.4 Å². The summed E-state index contributed by atoms with van der Waals surface area (Å²) < 4.78 is 32.5. The first-order valence-electron chi connectivity index (χ1n) is 5.49. The standard InChI is InChI=1S/C12H14F2N2O2/c1-16-5-7(11(15)12(16)17)10-8(13)3-6(18-2)4-9(10)14/h3-4,7,11H,5,15H2,1-2H3. The Morgan fingerprint density at radius 3 is 2.33 bits per heavy atom. The minimum Gasteiger partial charge on any atom is -0.497 e. The minimum absolute atomic E-state index is 0.0972. The first-order valence-corrected chi connectivity index (χ1v) is 5.49. The Hall–Kier alpha value is -1.69. The lowest BCUT2D eigenvalue weighted by Gasteiger charge is -2.15. The van der Waals surface area contributed by atoms with Crippen molar-refractivity contribution in [3.63, 3.8) is 0 Å². The molecule has 2 rings (SSSR count). The summed E-state index contributed by atoms with van der Waals surface area (Å²) in [6, 6.07) is 1.27. The van der Waals surface area contributed by atoms with Crippen LogP contribution in [0.15, 0.2) is 12.1 Å². The predicted molar refractivity (Wildman–Crippen MR) is 61.3 cm³/mol. The van der Waals surface area contributed by atoms with Crippen LogP contribution in [0, 0.1) is 11.6 Å². The van der Waals surface area contributed by atoms with Crippen LogP contribution in [0.25, 0.3) is 0 Å². The minimum atomic E-state index is -0.910. The van der Waals surface area contributed by atoms with Crippen LogP contribution in [0.1, 0.15) is 11.5 Å². The third-order valence-corrected chi connectivity index (χ3v) is 3.22. The van der Waals surface area contributed by atoms with Crippen LogP contribution in [0.3, 0.4) is 0 Å². The van der Waals surface area contributed by atoms with Gasteiger partial charge >= 0.3 is 0 Å². The molecule has 2 N–H and O–H groups in total. The predicted octanol–water partition coefficient (Wildman–Crippen LogP) is 0.856. The summed E-state index contributed by atoms with van der Waals surface area (Å²) in [5.74, 6) is -2.37. The van der Waals surface area contributed by atoms with Crippen molar-refractivity contribution in [2.45, 2.75) is 12.0 Å². The smallest absolute Gasteiger partial charge is 0.239 e. The van der Waals surface area contributed by atoms with E-state index in [1.54, 1.807) is 7.05 Å². The number of nitrogens with two attached hydrogens (primary N) is 1. The van der Waals surface area contributed by atoms with Gasteiger partial charge in [0.2, 0.25) is 5.91 Å². The van der Waals surface area contributed by atoms with E-state index in [1.807, 2.05) is 0 Å². The van der Waals surface area contributed by atoms with E-state index in [2.05, 4.69) is 0 Å². The Morgan fingerprint density at radius 1 is 1.39 bits per heavy atom. The maximum absolute atomic E-state index is 13.9. The Balaban J connectivity index is 2.43. The van der Waals surface area contributed by atoms with Crippen LogP contribution in [0.4, 0.5) is 8.78 Å². The van der Waals surface area contributed by atoms with Crippen LogP contribution < -0.4 is 10.5 Å². The fraction of sp³-hybridized carbons (Fsp3) is 0.417. The molecule has 1 amide bonds. The zero-order chi connectivity index (χ0) is 13.4. The molecule has 1 saturated heterocycles. The van der Waals surface area contributed by atoms with Gasteiger partial charge in [-0.3, -0.25) is 4.79 Å². The molecule has 0 bridgehead atoms. The van der Waals surface area contributed by atoms with Gasteiger partial charge in [-0.05, 0) is 0 Å². The number of amides is 1. The highest BCUT2D eigenvalue weighted by atomic mass is 19.1. The quantitative estimate of drug-likeness (QED) is 0.853. The largest absolute Gasteiger partial charge is 0.497 e. The number of benzene rings is 1. The molecule has 0 radical (unpaired) electrons. The number of rotatable bonds is 2. The number of likely N-dealkylation sites (N-methyl/N-ethyl adjacent to an activating group) is 1. The fourth-order valence-corrected chi connectivity index (χ4v) is 2.23. The molecule has 4 nitrogen and oxygen atoms in total. The Bertz CT molecular complexity index is 470. The van der Waals surface area contributed by atoms with Gasteiger partial charge < -0.3 is 15.4 Å². The van der Waals surface area contributed by atoms with E-state index < -0.39 is 23.6 Å². The molecular formula is C12H14F2N2O2. The molecule has 0 spiro atoms. The molecular weight excluding hydrogens is 242 g/mol. The van der Waals surface area contributed by atoms with Gasteiger partial charge in [0, 0.05) is 37.2 Å². The molecule has 2 unspecified atom stereocenters. The van der Waals surface area contributed by atoms with Crippen LogP contribution in [0.5, 0.6) is 5.75 Å². The molecule has 2 atom stereocenters. The second kappa shape index (κ2) is 4.53. The second-order valence-electron chi connectivity index (χ2n) is 4.36. The lowest BCUT2D eigenvalue weighted by atomic mass is 9.93. The summed E-state index contributed by atoms with van der Waals surface area (Å²) >= 11 is 0. The molecule has 1 heterocycles. The summed E-state index contributed by atoms with van der Waals surface area (Å²) in [6.45, 7) is 0.209. The van der Waals surface area contributed by atoms with Crippen molar-refractivity contribution in [1.82, 2.24) is 4.90 Å². The van der Waals surface area contributed by atoms with E-state index in [0.29, 0.717) is 0 Å². The summed E-state index contributed by atoms with van der Waals surface area (Å²) in [6.07, 6.45) is 0. The normalized spacial score (nSPS) is 23.6.